The van der Waals surface area contributed by atoms with Gasteiger partial charge in [-0.25, -0.2) is 0 Å². The molecule has 2 heterocycles. The van der Waals surface area contributed by atoms with Crippen LogP contribution in [0.1, 0.15) is 39.2 Å². The maximum Gasteiger partial charge on any atom is 0.110 e. The fourth-order valence-electron chi connectivity index (χ4n) is 1.63. The second kappa shape index (κ2) is 1.55. The second-order valence-electron chi connectivity index (χ2n) is 4.41. The van der Waals surface area contributed by atoms with Gasteiger partial charge in [0.25, 0.3) is 0 Å². The highest BCUT2D eigenvalue weighted by atomic mass is 16.4. The zero-order valence-corrected chi connectivity index (χ0v) is 7.56. The van der Waals surface area contributed by atoms with Crippen molar-refractivity contribution in [2.24, 2.45) is 0 Å². The van der Waals surface area contributed by atoms with Crippen molar-refractivity contribution >= 4 is 0 Å². The van der Waals surface area contributed by atoms with Crippen LogP contribution in [0.3, 0.4) is 0 Å². The van der Waals surface area contributed by atoms with Crippen molar-refractivity contribution < 1.29 is 4.42 Å². The van der Waals surface area contributed by atoms with Gasteiger partial charge in [-0.3, -0.25) is 0 Å². The molecule has 0 unspecified atom stereocenters. The van der Waals surface area contributed by atoms with E-state index in [0.717, 1.165) is 11.5 Å². The van der Waals surface area contributed by atoms with Crippen LogP contribution >= 0.6 is 0 Å². The van der Waals surface area contributed by atoms with Crippen molar-refractivity contribution in [1.82, 2.24) is 0 Å². The molecule has 1 aliphatic rings. The molecule has 60 valence electrons. The van der Waals surface area contributed by atoms with E-state index in [1.807, 2.05) is 0 Å². The zero-order valence-electron chi connectivity index (χ0n) is 7.56. The van der Waals surface area contributed by atoms with Gasteiger partial charge in [-0.2, -0.15) is 0 Å². The molecule has 0 fully saturated rings. The Labute approximate surface area is 67.4 Å². The first kappa shape index (κ1) is 6.96. The van der Waals surface area contributed by atoms with Gasteiger partial charge in [0.1, 0.15) is 11.5 Å². The molecule has 2 rings (SSSR count). The normalized spacial score (nSPS) is 24.0. The summed E-state index contributed by atoms with van der Waals surface area (Å²) in [7, 11) is 0. The summed E-state index contributed by atoms with van der Waals surface area (Å²) in [6.07, 6.45) is 0. The first-order valence-electron chi connectivity index (χ1n) is 4.07. The van der Waals surface area contributed by atoms with Gasteiger partial charge in [-0.05, 0) is 12.1 Å². The summed E-state index contributed by atoms with van der Waals surface area (Å²) in [6.45, 7) is 8.94. The molecule has 1 heteroatoms. The number of furan rings is 1. The maximum atomic E-state index is 5.62. The third kappa shape index (κ3) is 0.574. The molecule has 1 aromatic heterocycles. The third-order valence-electron chi connectivity index (χ3n) is 3.40. The van der Waals surface area contributed by atoms with E-state index in [9.17, 15) is 0 Å². The van der Waals surface area contributed by atoms with Crippen LogP contribution in [-0.2, 0) is 10.8 Å². The Kier molecular flexibility index (Phi) is 0.978. The Morgan fingerprint density at radius 3 is 1.45 bits per heavy atom. The van der Waals surface area contributed by atoms with E-state index >= 15 is 0 Å². The van der Waals surface area contributed by atoms with Crippen molar-refractivity contribution in [2.45, 2.75) is 38.5 Å². The van der Waals surface area contributed by atoms with Crippen LogP contribution < -0.4 is 0 Å². The topological polar surface area (TPSA) is 13.1 Å². The average Bonchev–Trinajstić information content (AvgIpc) is 2.37. The Hall–Kier alpha value is -0.720. The van der Waals surface area contributed by atoms with Crippen LogP contribution in [0, 0.1) is 0 Å². The van der Waals surface area contributed by atoms with Crippen molar-refractivity contribution in [3.05, 3.63) is 23.7 Å². The van der Waals surface area contributed by atoms with Crippen molar-refractivity contribution in [3.63, 3.8) is 0 Å². The molecule has 2 bridgehead atoms. The van der Waals surface area contributed by atoms with Crippen LogP contribution in [0.25, 0.3) is 0 Å². The molecule has 0 aliphatic carbocycles. The lowest BCUT2D eigenvalue weighted by Crippen LogP contribution is -2.37. The molecule has 0 amide bonds. The smallest absolute Gasteiger partial charge is 0.110 e. The zero-order chi connectivity index (χ0) is 8.28. The highest BCUT2D eigenvalue weighted by Crippen LogP contribution is 2.50. The van der Waals surface area contributed by atoms with Gasteiger partial charge in [-0.1, -0.05) is 27.7 Å². The van der Waals surface area contributed by atoms with Crippen molar-refractivity contribution in [2.75, 3.05) is 0 Å². The van der Waals surface area contributed by atoms with E-state index in [1.165, 1.54) is 0 Å². The molecule has 0 atom stereocenters. The fraction of sp³-hybridized carbons (Fsp3) is 0.600. The molecule has 1 nitrogen and oxygen atoms in total. The quantitative estimate of drug-likeness (QED) is 0.554. The Morgan fingerprint density at radius 2 is 1.27 bits per heavy atom. The van der Waals surface area contributed by atoms with Crippen molar-refractivity contribution in [1.29, 1.82) is 0 Å². The van der Waals surface area contributed by atoms with E-state index in [0.29, 0.717) is 0 Å². The summed E-state index contributed by atoms with van der Waals surface area (Å²) in [4.78, 5) is 0. The number of hydrogen-bond donors (Lipinski definition) is 0. The molecule has 0 radical (unpaired) electrons. The minimum Gasteiger partial charge on any atom is -0.465 e. The van der Waals surface area contributed by atoms with E-state index in [1.54, 1.807) is 0 Å². The Bertz CT molecular complexity index is 263. The summed E-state index contributed by atoms with van der Waals surface area (Å²) in [5, 5.41) is 0. The standard InChI is InChI=1S/C10H14O/c1-9(2)7-5-6-8(11-7)10(9,3)4/h5-6H,1-4H3. The molecular weight excluding hydrogens is 136 g/mol. The Morgan fingerprint density at radius 1 is 0.909 bits per heavy atom. The molecule has 1 aliphatic heterocycles. The first-order chi connectivity index (χ1) is 4.96. The number of fused-ring (bicyclic) bond motifs is 2. The van der Waals surface area contributed by atoms with Crippen LogP contribution in [0.4, 0.5) is 0 Å². The first-order valence-corrected chi connectivity index (χ1v) is 4.07. The van der Waals surface area contributed by atoms with Crippen LogP contribution in [0.2, 0.25) is 0 Å². The summed E-state index contributed by atoms with van der Waals surface area (Å²) in [6, 6.07) is 4.17. The van der Waals surface area contributed by atoms with Crippen LogP contribution in [0.5, 0.6) is 0 Å². The predicted molar refractivity (Wildman–Crippen MR) is 44.8 cm³/mol. The number of hydrogen-bond acceptors (Lipinski definition) is 1. The van der Waals surface area contributed by atoms with E-state index in [-0.39, 0.29) is 10.8 Å². The average molecular weight is 150 g/mol. The third-order valence-corrected chi connectivity index (χ3v) is 3.40. The summed E-state index contributed by atoms with van der Waals surface area (Å²) in [5.74, 6) is 2.25. The highest BCUT2D eigenvalue weighted by Gasteiger charge is 2.49. The maximum absolute atomic E-state index is 5.62. The molecule has 11 heavy (non-hydrogen) atoms. The fourth-order valence-corrected chi connectivity index (χ4v) is 1.63. The van der Waals surface area contributed by atoms with Gasteiger partial charge in [0, 0.05) is 10.8 Å². The lowest BCUT2D eigenvalue weighted by molar-refractivity contribution is 0.317. The molecular formula is C10H14O. The minimum absolute atomic E-state index is 0.178. The molecule has 0 saturated carbocycles. The van der Waals surface area contributed by atoms with Crippen LogP contribution in [0.15, 0.2) is 16.5 Å². The monoisotopic (exact) mass is 150 g/mol. The van der Waals surface area contributed by atoms with Gasteiger partial charge in [0.15, 0.2) is 0 Å². The van der Waals surface area contributed by atoms with Gasteiger partial charge in [0.2, 0.25) is 0 Å². The SMILES string of the molecule is CC1(C)c2ccc(o2)C1(C)C. The Balaban J connectivity index is 2.65. The summed E-state index contributed by atoms with van der Waals surface area (Å²) < 4.78 is 5.62. The van der Waals surface area contributed by atoms with E-state index < -0.39 is 0 Å². The largest absolute Gasteiger partial charge is 0.465 e. The molecule has 0 N–H and O–H groups in total. The molecule has 0 saturated heterocycles. The van der Waals surface area contributed by atoms with Crippen LogP contribution in [-0.4, -0.2) is 0 Å². The minimum atomic E-state index is 0.178. The van der Waals surface area contributed by atoms with E-state index in [4.69, 9.17) is 4.42 Å². The van der Waals surface area contributed by atoms with Gasteiger partial charge in [0.05, 0.1) is 0 Å². The summed E-state index contributed by atoms with van der Waals surface area (Å²) in [5.41, 5.74) is 0.355. The van der Waals surface area contributed by atoms with Crippen molar-refractivity contribution in [3.8, 4) is 0 Å². The predicted octanol–water partition coefficient (Wildman–Crippen LogP) is 2.85. The molecule has 1 aromatic rings. The number of rotatable bonds is 0. The van der Waals surface area contributed by atoms with Gasteiger partial charge < -0.3 is 4.42 Å². The van der Waals surface area contributed by atoms with Gasteiger partial charge >= 0.3 is 0 Å². The second-order valence-corrected chi connectivity index (χ2v) is 4.41. The lowest BCUT2D eigenvalue weighted by Gasteiger charge is -2.34. The van der Waals surface area contributed by atoms with Gasteiger partial charge in [-0.15, -0.1) is 0 Å². The molecule has 0 aromatic carbocycles. The lowest BCUT2D eigenvalue weighted by atomic mass is 9.65. The molecule has 0 spiro atoms. The summed E-state index contributed by atoms with van der Waals surface area (Å²) >= 11 is 0. The highest BCUT2D eigenvalue weighted by molar-refractivity contribution is 5.34. The van der Waals surface area contributed by atoms with E-state index in [2.05, 4.69) is 39.8 Å².